The molecule has 0 radical (unpaired) electrons. The van der Waals surface area contributed by atoms with E-state index in [-0.39, 0.29) is 11.9 Å². The molecular formula is C15H15N3O2. The van der Waals surface area contributed by atoms with Crippen LogP contribution in [0.4, 0.5) is 0 Å². The fraction of sp³-hybridized carbons (Fsp3) is 0.200. The number of carbonyl (C=O) groups excluding carboxylic acids is 1. The predicted molar refractivity (Wildman–Crippen MR) is 75.4 cm³/mol. The maximum absolute atomic E-state index is 12.1. The van der Waals surface area contributed by atoms with Crippen LogP contribution in [0, 0.1) is 6.92 Å². The fourth-order valence-electron chi connectivity index (χ4n) is 2.11. The summed E-state index contributed by atoms with van der Waals surface area (Å²) in [5, 5.41) is 2.87. The third-order valence-corrected chi connectivity index (χ3v) is 3.23. The van der Waals surface area contributed by atoms with Crippen molar-refractivity contribution in [1.82, 2.24) is 15.3 Å². The highest BCUT2D eigenvalue weighted by molar-refractivity contribution is 5.93. The van der Waals surface area contributed by atoms with Crippen LogP contribution in [-0.4, -0.2) is 15.9 Å². The Bertz CT molecular complexity index is 724. The molecule has 1 aromatic carbocycles. The van der Waals surface area contributed by atoms with Gasteiger partial charge >= 0.3 is 0 Å². The summed E-state index contributed by atoms with van der Waals surface area (Å²) in [6, 6.07) is 9.31. The Balaban J connectivity index is 1.80. The number of fused-ring (bicyclic) bond motifs is 1. The molecule has 0 fully saturated rings. The molecule has 1 amide bonds. The van der Waals surface area contributed by atoms with E-state index in [9.17, 15) is 4.79 Å². The van der Waals surface area contributed by atoms with Crippen molar-refractivity contribution < 1.29 is 9.21 Å². The number of rotatable bonds is 3. The Morgan fingerprint density at radius 3 is 2.85 bits per heavy atom. The molecular weight excluding hydrogens is 254 g/mol. The van der Waals surface area contributed by atoms with Crippen molar-refractivity contribution in [3.05, 3.63) is 53.7 Å². The summed E-state index contributed by atoms with van der Waals surface area (Å²) in [5.74, 6) is 0.831. The summed E-state index contributed by atoms with van der Waals surface area (Å²) in [6.07, 6.45) is 1.51. The van der Waals surface area contributed by atoms with Gasteiger partial charge in [0.15, 0.2) is 5.76 Å². The second-order valence-corrected chi connectivity index (χ2v) is 4.77. The summed E-state index contributed by atoms with van der Waals surface area (Å²) in [6.45, 7) is 3.72. The minimum Gasteiger partial charge on any atom is -0.459 e. The number of furan rings is 1. The van der Waals surface area contributed by atoms with E-state index in [0.29, 0.717) is 5.76 Å². The van der Waals surface area contributed by atoms with Crippen LogP contribution in [0.2, 0.25) is 0 Å². The number of aromatic amines is 1. The predicted octanol–water partition coefficient (Wildman–Crippen LogP) is 2.96. The van der Waals surface area contributed by atoms with Gasteiger partial charge in [-0.25, -0.2) is 4.98 Å². The third-order valence-electron chi connectivity index (χ3n) is 3.23. The minimum atomic E-state index is -0.236. The lowest BCUT2D eigenvalue weighted by molar-refractivity contribution is 0.0909. The average Bonchev–Trinajstić information content (AvgIpc) is 3.04. The molecule has 5 nitrogen and oxygen atoms in total. The maximum Gasteiger partial charge on any atom is 0.287 e. The molecule has 0 bridgehead atoms. The van der Waals surface area contributed by atoms with E-state index in [2.05, 4.69) is 15.3 Å². The quantitative estimate of drug-likeness (QED) is 0.768. The van der Waals surface area contributed by atoms with E-state index in [1.165, 1.54) is 6.26 Å². The summed E-state index contributed by atoms with van der Waals surface area (Å²) < 4.78 is 5.18. The van der Waals surface area contributed by atoms with Crippen molar-refractivity contribution in [3.63, 3.8) is 0 Å². The molecule has 0 unspecified atom stereocenters. The molecule has 2 N–H and O–H groups in total. The number of amides is 1. The van der Waals surface area contributed by atoms with Gasteiger partial charge in [0, 0.05) is 5.56 Å². The molecule has 2 aromatic heterocycles. The van der Waals surface area contributed by atoms with Crippen molar-refractivity contribution in [1.29, 1.82) is 0 Å². The Hall–Kier alpha value is -2.56. The molecule has 2 heterocycles. The van der Waals surface area contributed by atoms with E-state index in [4.69, 9.17) is 4.42 Å². The van der Waals surface area contributed by atoms with Crippen LogP contribution in [-0.2, 0) is 0 Å². The highest BCUT2D eigenvalue weighted by atomic mass is 16.3. The van der Waals surface area contributed by atoms with Gasteiger partial charge in [-0.15, -0.1) is 0 Å². The average molecular weight is 269 g/mol. The number of hydrogen-bond acceptors (Lipinski definition) is 3. The number of H-pyrrole nitrogens is 1. The number of nitrogens with one attached hydrogen (secondary N) is 2. The lowest BCUT2D eigenvalue weighted by Crippen LogP contribution is -2.27. The van der Waals surface area contributed by atoms with Gasteiger partial charge in [0.1, 0.15) is 5.82 Å². The lowest BCUT2D eigenvalue weighted by atomic mass is 10.2. The fourth-order valence-corrected chi connectivity index (χ4v) is 2.11. The van der Waals surface area contributed by atoms with Gasteiger partial charge in [-0.05, 0) is 32.0 Å². The first-order valence-electron chi connectivity index (χ1n) is 6.45. The van der Waals surface area contributed by atoms with Crippen molar-refractivity contribution in [3.8, 4) is 0 Å². The van der Waals surface area contributed by atoms with Crippen molar-refractivity contribution in [2.24, 2.45) is 0 Å². The van der Waals surface area contributed by atoms with Crippen LogP contribution >= 0.6 is 0 Å². The first-order chi connectivity index (χ1) is 9.65. The van der Waals surface area contributed by atoms with Crippen molar-refractivity contribution in [2.45, 2.75) is 19.9 Å². The molecule has 0 saturated heterocycles. The topological polar surface area (TPSA) is 70.9 Å². The van der Waals surface area contributed by atoms with Gasteiger partial charge in [-0.1, -0.05) is 12.1 Å². The van der Waals surface area contributed by atoms with E-state index < -0.39 is 0 Å². The van der Waals surface area contributed by atoms with Crippen molar-refractivity contribution >= 4 is 16.9 Å². The summed E-state index contributed by atoms with van der Waals surface area (Å²) in [4.78, 5) is 19.8. The smallest absolute Gasteiger partial charge is 0.287 e. The van der Waals surface area contributed by atoms with Crippen molar-refractivity contribution in [2.75, 3.05) is 0 Å². The summed E-state index contributed by atoms with van der Waals surface area (Å²) in [7, 11) is 0. The third kappa shape index (κ3) is 2.18. The minimum absolute atomic E-state index is 0.223. The monoisotopic (exact) mass is 269 g/mol. The zero-order valence-electron chi connectivity index (χ0n) is 11.3. The van der Waals surface area contributed by atoms with Gasteiger partial charge in [0.2, 0.25) is 0 Å². The summed E-state index contributed by atoms with van der Waals surface area (Å²) >= 11 is 0. The second kappa shape index (κ2) is 4.85. The summed E-state index contributed by atoms with van der Waals surface area (Å²) in [5.41, 5.74) is 2.66. The van der Waals surface area contributed by atoms with Crippen LogP contribution in [0.25, 0.3) is 11.0 Å². The molecule has 102 valence electrons. The first-order valence-corrected chi connectivity index (χ1v) is 6.45. The number of nitrogens with zero attached hydrogens (tertiary/aromatic N) is 1. The van der Waals surface area contributed by atoms with E-state index in [1.54, 1.807) is 6.07 Å². The first kappa shape index (κ1) is 12.5. The van der Waals surface area contributed by atoms with Crippen LogP contribution in [0.15, 0.2) is 41.0 Å². The van der Waals surface area contributed by atoms with E-state index in [0.717, 1.165) is 22.4 Å². The van der Waals surface area contributed by atoms with Gasteiger partial charge in [-0.3, -0.25) is 4.79 Å². The number of hydrogen-bond donors (Lipinski definition) is 2. The van der Waals surface area contributed by atoms with Gasteiger partial charge in [-0.2, -0.15) is 0 Å². The highest BCUT2D eigenvalue weighted by Crippen LogP contribution is 2.16. The lowest BCUT2D eigenvalue weighted by Gasteiger charge is -2.10. The maximum atomic E-state index is 12.1. The molecule has 0 aliphatic carbocycles. The van der Waals surface area contributed by atoms with Crippen LogP contribution in [0.1, 0.15) is 34.9 Å². The van der Waals surface area contributed by atoms with Crippen LogP contribution in [0.5, 0.6) is 0 Å². The number of aryl methyl sites for hydroxylation is 1. The molecule has 3 rings (SSSR count). The molecule has 0 aliphatic rings. The van der Waals surface area contributed by atoms with E-state index in [1.807, 2.05) is 38.1 Å². The van der Waals surface area contributed by atoms with E-state index >= 15 is 0 Å². The number of imidazole rings is 1. The second-order valence-electron chi connectivity index (χ2n) is 4.77. The SMILES string of the molecule is Cc1ccoc1C(=O)N[C@@H](C)c1nc2ccccc2[nH]1. The molecule has 5 heteroatoms. The van der Waals surface area contributed by atoms with Gasteiger partial charge in [0.25, 0.3) is 5.91 Å². The molecule has 0 aliphatic heterocycles. The number of carbonyl (C=O) groups is 1. The zero-order valence-corrected chi connectivity index (χ0v) is 11.3. The molecule has 20 heavy (non-hydrogen) atoms. The normalized spacial score (nSPS) is 12.5. The molecule has 0 spiro atoms. The zero-order chi connectivity index (χ0) is 14.1. The van der Waals surface area contributed by atoms with Gasteiger partial charge < -0.3 is 14.7 Å². The molecule has 0 saturated carbocycles. The van der Waals surface area contributed by atoms with Gasteiger partial charge in [0.05, 0.1) is 23.3 Å². The Labute approximate surface area is 116 Å². The van der Waals surface area contributed by atoms with Crippen LogP contribution in [0.3, 0.4) is 0 Å². The number of aromatic nitrogens is 2. The molecule has 1 atom stereocenters. The number of para-hydroxylation sites is 2. The standard InChI is InChI=1S/C15H15N3O2/c1-9-7-8-20-13(9)15(19)16-10(2)14-17-11-5-3-4-6-12(11)18-14/h3-8,10H,1-2H3,(H,16,19)(H,17,18)/t10-/m0/s1. The Kier molecular flexibility index (Phi) is 3.02. The molecule has 3 aromatic rings. The van der Waals surface area contributed by atoms with Crippen LogP contribution < -0.4 is 5.32 Å². The number of benzene rings is 1. The Morgan fingerprint density at radius 2 is 2.15 bits per heavy atom. The largest absolute Gasteiger partial charge is 0.459 e. The highest BCUT2D eigenvalue weighted by Gasteiger charge is 2.18. The Morgan fingerprint density at radius 1 is 1.35 bits per heavy atom.